The van der Waals surface area contributed by atoms with Crippen LogP contribution in [0, 0.1) is 0 Å². The Morgan fingerprint density at radius 1 is 0.857 bits per heavy atom. The first-order chi connectivity index (χ1) is 13.6. The van der Waals surface area contributed by atoms with Crippen LogP contribution < -0.4 is 5.63 Å². The van der Waals surface area contributed by atoms with Gasteiger partial charge in [-0.3, -0.25) is 0 Å². The number of nitrogens with one attached hydrogen (secondary N) is 1. The number of hydrogen-bond acceptors (Lipinski definition) is 3. The van der Waals surface area contributed by atoms with Crippen molar-refractivity contribution in [3.05, 3.63) is 87.7 Å². The van der Waals surface area contributed by atoms with Gasteiger partial charge < -0.3 is 14.5 Å². The summed E-state index contributed by atoms with van der Waals surface area (Å²) in [5, 5.41) is 12.4. The van der Waals surface area contributed by atoms with Gasteiger partial charge in [-0.25, -0.2) is 4.79 Å². The van der Waals surface area contributed by atoms with Crippen LogP contribution in [-0.4, -0.2) is 10.1 Å². The molecule has 5 rings (SSSR count). The predicted molar refractivity (Wildman–Crippen MR) is 115 cm³/mol. The molecule has 3 aromatic carbocycles. The summed E-state index contributed by atoms with van der Waals surface area (Å²) in [5.74, 6) is -0.0883. The number of hydrogen-bond donors (Lipinski definition) is 2. The Kier molecular flexibility index (Phi) is 3.84. The molecule has 0 unspecified atom stereocenters. The van der Waals surface area contributed by atoms with Crippen LogP contribution in [0.3, 0.4) is 0 Å². The first-order valence-electron chi connectivity index (χ1n) is 8.75. The molecule has 0 aliphatic carbocycles. The molecule has 2 aromatic heterocycles. The highest BCUT2D eigenvalue weighted by atomic mass is 79.9. The number of benzene rings is 3. The molecule has 2 N–H and O–H groups in total. The van der Waals surface area contributed by atoms with E-state index in [-0.39, 0.29) is 11.3 Å². The fourth-order valence-electron chi connectivity index (χ4n) is 3.61. The number of rotatable bonds is 2. The van der Waals surface area contributed by atoms with E-state index in [4.69, 9.17) is 4.42 Å². The minimum Gasteiger partial charge on any atom is -0.506 e. The molecule has 136 valence electrons. The zero-order valence-electron chi connectivity index (χ0n) is 14.6. The quantitative estimate of drug-likeness (QED) is 0.333. The van der Waals surface area contributed by atoms with Crippen molar-refractivity contribution in [2.24, 2.45) is 0 Å². The van der Waals surface area contributed by atoms with Crippen molar-refractivity contribution in [1.29, 1.82) is 0 Å². The van der Waals surface area contributed by atoms with Crippen molar-refractivity contribution in [2.45, 2.75) is 0 Å². The van der Waals surface area contributed by atoms with Gasteiger partial charge in [-0.2, -0.15) is 0 Å². The highest BCUT2D eigenvalue weighted by Gasteiger charge is 2.23. The SMILES string of the molecule is O=c1oc2ccccc2c(O)c1-c1[nH]c2ccc(Br)cc2c1-c1ccccc1. The summed E-state index contributed by atoms with van der Waals surface area (Å²) in [7, 11) is 0. The molecule has 0 saturated heterocycles. The molecule has 0 bridgehead atoms. The van der Waals surface area contributed by atoms with Crippen molar-refractivity contribution in [2.75, 3.05) is 0 Å². The number of para-hydroxylation sites is 1. The summed E-state index contributed by atoms with van der Waals surface area (Å²) in [6.45, 7) is 0. The monoisotopic (exact) mass is 431 g/mol. The predicted octanol–water partition coefficient (Wildman–Crippen LogP) is 6.08. The summed E-state index contributed by atoms with van der Waals surface area (Å²) in [6, 6.07) is 22.6. The topological polar surface area (TPSA) is 66.2 Å². The van der Waals surface area contributed by atoms with E-state index in [1.807, 2.05) is 48.5 Å². The van der Waals surface area contributed by atoms with Crippen molar-refractivity contribution >= 4 is 37.8 Å². The van der Waals surface area contributed by atoms with E-state index >= 15 is 0 Å². The van der Waals surface area contributed by atoms with E-state index in [2.05, 4.69) is 20.9 Å². The van der Waals surface area contributed by atoms with Gasteiger partial charge in [0.2, 0.25) is 0 Å². The zero-order valence-corrected chi connectivity index (χ0v) is 16.2. The average molecular weight is 432 g/mol. The van der Waals surface area contributed by atoms with Crippen LogP contribution >= 0.6 is 15.9 Å². The molecule has 0 amide bonds. The Morgan fingerprint density at radius 2 is 1.61 bits per heavy atom. The minimum absolute atomic E-state index is 0.0883. The summed E-state index contributed by atoms with van der Waals surface area (Å²) < 4.78 is 6.42. The van der Waals surface area contributed by atoms with E-state index in [9.17, 15) is 9.90 Å². The molecule has 28 heavy (non-hydrogen) atoms. The van der Waals surface area contributed by atoms with E-state index in [0.29, 0.717) is 16.7 Å². The van der Waals surface area contributed by atoms with Gasteiger partial charge in [0.15, 0.2) is 0 Å². The lowest BCUT2D eigenvalue weighted by Gasteiger charge is -2.08. The van der Waals surface area contributed by atoms with Crippen molar-refractivity contribution in [1.82, 2.24) is 4.98 Å². The third-order valence-corrected chi connectivity index (χ3v) is 5.35. The van der Waals surface area contributed by atoms with E-state index in [0.717, 1.165) is 26.5 Å². The van der Waals surface area contributed by atoms with Crippen LogP contribution in [0.15, 0.2) is 86.5 Å². The highest BCUT2D eigenvalue weighted by Crippen LogP contribution is 2.42. The second-order valence-electron chi connectivity index (χ2n) is 6.54. The van der Waals surface area contributed by atoms with Gasteiger partial charge in [0, 0.05) is 20.9 Å². The summed E-state index contributed by atoms with van der Waals surface area (Å²) in [4.78, 5) is 16.1. The van der Waals surface area contributed by atoms with Gasteiger partial charge in [0.05, 0.1) is 11.1 Å². The van der Waals surface area contributed by atoms with Gasteiger partial charge in [-0.05, 0) is 35.9 Å². The average Bonchev–Trinajstić information content (AvgIpc) is 3.06. The fraction of sp³-hybridized carbons (Fsp3) is 0. The largest absolute Gasteiger partial charge is 0.506 e. The molecule has 0 spiro atoms. The Hall–Kier alpha value is -3.31. The standard InChI is InChI=1S/C23H14BrNO3/c24-14-10-11-17-16(12-14)19(13-6-2-1-3-7-13)21(25-17)20-22(26)15-8-4-5-9-18(15)28-23(20)27/h1-12,25-26H. The van der Waals surface area contributed by atoms with E-state index < -0.39 is 5.63 Å². The second kappa shape index (κ2) is 6.39. The number of halogens is 1. The van der Waals surface area contributed by atoms with Crippen molar-refractivity contribution in [3.63, 3.8) is 0 Å². The highest BCUT2D eigenvalue weighted by molar-refractivity contribution is 9.10. The number of aromatic hydroxyl groups is 1. The summed E-state index contributed by atoms with van der Waals surface area (Å²) >= 11 is 3.52. The normalized spacial score (nSPS) is 11.3. The maximum Gasteiger partial charge on any atom is 0.349 e. The molecule has 0 atom stereocenters. The maximum absolute atomic E-state index is 12.8. The molecule has 5 heteroatoms. The third kappa shape index (κ3) is 2.55. The van der Waals surface area contributed by atoms with Crippen LogP contribution in [0.25, 0.3) is 44.3 Å². The van der Waals surface area contributed by atoms with Gasteiger partial charge in [-0.1, -0.05) is 58.4 Å². The Labute approximate surface area is 168 Å². The molecular weight excluding hydrogens is 418 g/mol. The van der Waals surface area contributed by atoms with Crippen LogP contribution in [0.1, 0.15) is 0 Å². The summed E-state index contributed by atoms with van der Waals surface area (Å²) in [5.41, 5.74) is 3.08. The van der Waals surface area contributed by atoms with Crippen LogP contribution in [0.2, 0.25) is 0 Å². The molecule has 0 saturated carbocycles. The van der Waals surface area contributed by atoms with Gasteiger partial charge in [0.1, 0.15) is 16.9 Å². The lowest BCUT2D eigenvalue weighted by atomic mass is 9.98. The summed E-state index contributed by atoms with van der Waals surface area (Å²) in [6.07, 6.45) is 0. The van der Waals surface area contributed by atoms with E-state index in [1.54, 1.807) is 24.3 Å². The molecule has 0 aliphatic rings. The van der Waals surface area contributed by atoms with Crippen LogP contribution in [-0.2, 0) is 0 Å². The van der Waals surface area contributed by atoms with E-state index in [1.165, 1.54) is 0 Å². The minimum atomic E-state index is -0.584. The second-order valence-corrected chi connectivity index (χ2v) is 7.46. The smallest absolute Gasteiger partial charge is 0.349 e. The Bertz CT molecular complexity index is 1400. The zero-order chi connectivity index (χ0) is 19.3. The number of aromatic amines is 1. The third-order valence-electron chi connectivity index (χ3n) is 4.86. The molecule has 5 aromatic rings. The lowest BCUT2D eigenvalue weighted by Crippen LogP contribution is -2.04. The maximum atomic E-state index is 12.8. The van der Waals surface area contributed by atoms with Gasteiger partial charge in [0.25, 0.3) is 0 Å². The molecule has 0 aliphatic heterocycles. The number of aromatic nitrogens is 1. The molecular formula is C23H14BrNO3. The molecule has 2 heterocycles. The number of fused-ring (bicyclic) bond motifs is 2. The van der Waals surface area contributed by atoms with Crippen LogP contribution in [0.4, 0.5) is 0 Å². The van der Waals surface area contributed by atoms with Gasteiger partial charge >= 0.3 is 5.63 Å². The molecule has 0 fully saturated rings. The molecule has 0 radical (unpaired) electrons. The lowest BCUT2D eigenvalue weighted by molar-refractivity contribution is 0.471. The number of H-pyrrole nitrogens is 1. The molecule has 4 nitrogen and oxygen atoms in total. The van der Waals surface area contributed by atoms with Crippen molar-refractivity contribution in [3.8, 4) is 28.1 Å². The fourth-order valence-corrected chi connectivity index (χ4v) is 3.97. The van der Waals surface area contributed by atoms with Crippen LogP contribution in [0.5, 0.6) is 5.75 Å². The van der Waals surface area contributed by atoms with Gasteiger partial charge in [-0.15, -0.1) is 0 Å². The first-order valence-corrected chi connectivity index (χ1v) is 9.54. The first kappa shape index (κ1) is 16.8. The Balaban J connectivity index is 1.93. The van der Waals surface area contributed by atoms with Crippen molar-refractivity contribution < 1.29 is 9.52 Å². The Morgan fingerprint density at radius 3 is 2.43 bits per heavy atom.